The molecular weight excluding hydrogens is 303 g/mol. The van der Waals surface area contributed by atoms with Crippen LogP contribution < -0.4 is 5.32 Å². The summed E-state index contributed by atoms with van der Waals surface area (Å²) in [7, 11) is 0. The van der Waals surface area contributed by atoms with E-state index in [-0.39, 0.29) is 12.5 Å². The Balaban J connectivity index is 1.73. The van der Waals surface area contributed by atoms with Crippen molar-refractivity contribution in [3.05, 3.63) is 24.2 Å². The van der Waals surface area contributed by atoms with E-state index in [4.69, 9.17) is 4.42 Å². The predicted molar refractivity (Wildman–Crippen MR) is 70.1 cm³/mol. The third-order valence-corrected chi connectivity index (χ3v) is 3.28. The lowest BCUT2D eigenvalue weighted by Crippen LogP contribution is -2.51. The SMILES string of the molecule is O=C(CN1CCN(C(=O)c2ccoc2)CC1)NCC(F)(F)F. The maximum absolute atomic E-state index is 12.0. The Bertz CT molecular complexity index is 508. The maximum atomic E-state index is 12.0. The zero-order chi connectivity index (χ0) is 16.2. The van der Waals surface area contributed by atoms with E-state index in [0.29, 0.717) is 31.7 Å². The fraction of sp³-hybridized carbons (Fsp3) is 0.538. The zero-order valence-electron chi connectivity index (χ0n) is 11.7. The first kappa shape index (κ1) is 16.3. The summed E-state index contributed by atoms with van der Waals surface area (Å²) in [4.78, 5) is 26.8. The maximum Gasteiger partial charge on any atom is 0.405 e. The topological polar surface area (TPSA) is 65.8 Å². The number of nitrogens with one attached hydrogen (secondary N) is 1. The number of hydrogen-bond donors (Lipinski definition) is 1. The molecule has 0 spiro atoms. The number of carbonyl (C=O) groups excluding carboxylic acids is 2. The van der Waals surface area contributed by atoms with Crippen molar-refractivity contribution in [1.29, 1.82) is 0 Å². The lowest BCUT2D eigenvalue weighted by atomic mass is 10.2. The summed E-state index contributed by atoms with van der Waals surface area (Å²) in [6, 6.07) is 1.57. The summed E-state index contributed by atoms with van der Waals surface area (Å²) in [5.74, 6) is -0.832. The molecule has 2 amide bonds. The van der Waals surface area contributed by atoms with Crippen LogP contribution in [0.2, 0.25) is 0 Å². The highest BCUT2D eigenvalue weighted by atomic mass is 19.4. The summed E-state index contributed by atoms with van der Waals surface area (Å²) in [5.41, 5.74) is 0.455. The lowest BCUT2D eigenvalue weighted by molar-refractivity contribution is -0.139. The third kappa shape index (κ3) is 4.76. The quantitative estimate of drug-likeness (QED) is 0.888. The van der Waals surface area contributed by atoms with Gasteiger partial charge in [-0.25, -0.2) is 0 Å². The van der Waals surface area contributed by atoms with Crippen LogP contribution in [0.3, 0.4) is 0 Å². The molecule has 0 aromatic carbocycles. The van der Waals surface area contributed by atoms with E-state index >= 15 is 0 Å². The second-order valence-electron chi connectivity index (χ2n) is 4.97. The van der Waals surface area contributed by atoms with Gasteiger partial charge in [0.05, 0.1) is 18.4 Å². The number of piperazine rings is 1. The molecule has 1 aliphatic rings. The Morgan fingerprint density at radius 1 is 1.23 bits per heavy atom. The van der Waals surface area contributed by atoms with Gasteiger partial charge in [-0.2, -0.15) is 13.2 Å². The van der Waals surface area contributed by atoms with Crippen molar-refractivity contribution in [1.82, 2.24) is 15.1 Å². The molecule has 1 fully saturated rings. The second-order valence-corrected chi connectivity index (χ2v) is 4.97. The monoisotopic (exact) mass is 319 g/mol. The molecule has 1 saturated heterocycles. The minimum atomic E-state index is -4.41. The van der Waals surface area contributed by atoms with Gasteiger partial charge < -0.3 is 14.6 Å². The third-order valence-electron chi connectivity index (χ3n) is 3.28. The number of hydrogen-bond acceptors (Lipinski definition) is 4. The molecule has 2 heterocycles. The van der Waals surface area contributed by atoms with E-state index in [0.717, 1.165) is 0 Å². The van der Waals surface area contributed by atoms with Gasteiger partial charge in [-0.05, 0) is 6.07 Å². The van der Waals surface area contributed by atoms with Gasteiger partial charge in [0, 0.05) is 26.2 Å². The first-order chi connectivity index (χ1) is 10.3. The Labute approximate surface area is 124 Å². The first-order valence-corrected chi connectivity index (χ1v) is 6.72. The first-order valence-electron chi connectivity index (χ1n) is 6.72. The van der Waals surface area contributed by atoms with Crippen molar-refractivity contribution < 1.29 is 27.2 Å². The minimum Gasteiger partial charge on any atom is -0.472 e. The molecule has 1 aliphatic heterocycles. The highest BCUT2D eigenvalue weighted by molar-refractivity contribution is 5.93. The average Bonchev–Trinajstić information content (AvgIpc) is 2.99. The molecule has 9 heteroatoms. The number of alkyl halides is 3. The molecule has 0 saturated carbocycles. The number of halogens is 3. The summed E-state index contributed by atoms with van der Waals surface area (Å²) in [6.07, 6.45) is -1.64. The van der Waals surface area contributed by atoms with Crippen molar-refractivity contribution in [2.24, 2.45) is 0 Å². The van der Waals surface area contributed by atoms with Crippen molar-refractivity contribution >= 4 is 11.8 Å². The van der Waals surface area contributed by atoms with Gasteiger partial charge in [0.15, 0.2) is 0 Å². The minimum absolute atomic E-state index is 0.107. The van der Waals surface area contributed by atoms with Crippen LogP contribution in [0, 0.1) is 0 Å². The largest absolute Gasteiger partial charge is 0.472 e. The Hall–Kier alpha value is -2.03. The smallest absolute Gasteiger partial charge is 0.405 e. The van der Waals surface area contributed by atoms with Crippen LogP contribution in [0.5, 0.6) is 0 Å². The van der Waals surface area contributed by atoms with Crippen LogP contribution in [0.15, 0.2) is 23.0 Å². The van der Waals surface area contributed by atoms with Gasteiger partial charge in [0.2, 0.25) is 5.91 Å². The standard InChI is InChI=1S/C13H16F3N3O3/c14-13(15,16)9-17-11(20)7-18-2-4-19(5-3-18)12(21)10-1-6-22-8-10/h1,6,8H,2-5,7,9H2,(H,17,20). The molecule has 122 valence electrons. The van der Waals surface area contributed by atoms with Gasteiger partial charge in [-0.1, -0.05) is 0 Å². The van der Waals surface area contributed by atoms with E-state index in [1.807, 2.05) is 5.32 Å². The van der Waals surface area contributed by atoms with E-state index in [2.05, 4.69) is 0 Å². The van der Waals surface area contributed by atoms with Crippen LogP contribution >= 0.6 is 0 Å². The van der Waals surface area contributed by atoms with E-state index in [9.17, 15) is 22.8 Å². The highest BCUT2D eigenvalue weighted by Gasteiger charge is 2.28. The van der Waals surface area contributed by atoms with E-state index in [1.54, 1.807) is 15.9 Å². The number of carbonyl (C=O) groups is 2. The van der Waals surface area contributed by atoms with Crippen LogP contribution in [0.1, 0.15) is 10.4 Å². The summed E-state index contributed by atoms with van der Waals surface area (Å²) >= 11 is 0. The Morgan fingerprint density at radius 2 is 1.91 bits per heavy atom. The van der Waals surface area contributed by atoms with Gasteiger partial charge >= 0.3 is 6.18 Å². The molecule has 1 aromatic rings. The lowest BCUT2D eigenvalue weighted by Gasteiger charge is -2.34. The molecule has 0 radical (unpaired) electrons. The summed E-state index contributed by atoms with van der Waals surface area (Å²) in [5, 5.41) is 1.83. The van der Waals surface area contributed by atoms with Crippen molar-refractivity contribution in [2.45, 2.75) is 6.18 Å². The molecule has 0 atom stereocenters. The molecule has 1 aromatic heterocycles. The molecule has 1 N–H and O–H groups in total. The predicted octanol–water partition coefficient (Wildman–Crippen LogP) is 0.716. The van der Waals surface area contributed by atoms with Crippen LogP contribution in [0.25, 0.3) is 0 Å². The van der Waals surface area contributed by atoms with Crippen LogP contribution in [0.4, 0.5) is 13.2 Å². The number of amides is 2. The summed E-state index contributed by atoms with van der Waals surface area (Å²) in [6.45, 7) is 0.258. The molecule has 22 heavy (non-hydrogen) atoms. The zero-order valence-corrected chi connectivity index (χ0v) is 11.7. The number of furan rings is 1. The molecule has 6 nitrogen and oxygen atoms in total. The fourth-order valence-electron chi connectivity index (χ4n) is 2.14. The average molecular weight is 319 g/mol. The fourth-order valence-corrected chi connectivity index (χ4v) is 2.14. The second kappa shape index (κ2) is 6.82. The molecule has 2 rings (SSSR count). The molecule has 0 bridgehead atoms. The summed E-state index contributed by atoms with van der Waals surface area (Å²) < 4.78 is 40.8. The number of rotatable bonds is 4. The normalized spacial score (nSPS) is 16.6. The highest BCUT2D eigenvalue weighted by Crippen LogP contribution is 2.12. The van der Waals surface area contributed by atoms with Gasteiger partial charge in [0.25, 0.3) is 5.91 Å². The van der Waals surface area contributed by atoms with Gasteiger partial charge in [0.1, 0.15) is 12.8 Å². The van der Waals surface area contributed by atoms with Crippen molar-refractivity contribution in [3.8, 4) is 0 Å². The molecule has 0 unspecified atom stereocenters. The molecular formula is C13H16F3N3O3. The Morgan fingerprint density at radius 3 is 2.45 bits per heavy atom. The Kier molecular flexibility index (Phi) is 5.07. The van der Waals surface area contributed by atoms with Crippen molar-refractivity contribution in [2.75, 3.05) is 39.3 Å². The van der Waals surface area contributed by atoms with Crippen LogP contribution in [-0.4, -0.2) is 67.1 Å². The van der Waals surface area contributed by atoms with Gasteiger partial charge in [-0.15, -0.1) is 0 Å². The van der Waals surface area contributed by atoms with Gasteiger partial charge in [-0.3, -0.25) is 14.5 Å². The van der Waals surface area contributed by atoms with Crippen molar-refractivity contribution in [3.63, 3.8) is 0 Å². The van der Waals surface area contributed by atoms with E-state index < -0.39 is 18.6 Å². The van der Waals surface area contributed by atoms with Crippen LogP contribution in [-0.2, 0) is 4.79 Å². The molecule has 0 aliphatic carbocycles. The number of nitrogens with zero attached hydrogens (tertiary/aromatic N) is 2. The van der Waals surface area contributed by atoms with E-state index in [1.165, 1.54) is 12.5 Å².